The van der Waals surface area contributed by atoms with Crippen LogP contribution in [0, 0.1) is 13.8 Å². The van der Waals surface area contributed by atoms with Crippen LogP contribution < -0.4 is 10.1 Å². The number of carbonyl (C=O) groups excluding carboxylic acids is 1. The third-order valence-corrected chi connectivity index (χ3v) is 3.76. The summed E-state index contributed by atoms with van der Waals surface area (Å²) in [6, 6.07) is 0. The minimum Gasteiger partial charge on any atom is -0.480 e. The van der Waals surface area contributed by atoms with Gasteiger partial charge in [-0.25, -0.2) is 9.67 Å². The van der Waals surface area contributed by atoms with E-state index in [-0.39, 0.29) is 18.9 Å². The average molecular weight is 320 g/mol. The van der Waals surface area contributed by atoms with Crippen LogP contribution in [0.5, 0.6) is 5.88 Å². The fraction of sp³-hybridized carbons (Fsp3) is 0.467. The van der Waals surface area contributed by atoms with E-state index in [9.17, 15) is 9.59 Å². The minimum absolute atomic E-state index is 0.199. The van der Waals surface area contributed by atoms with Crippen molar-refractivity contribution in [2.45, 2.75) is 26.7 Å². The highest BCUT2D eigenvalue weighted by atomic mass is 16.5. The van der Waals surface area contributed by atoms with Crippen LogP contribution in [0.15, 0.2) is 0 Å². The fourth-order valence-electron chi connectivity index (χ4n) is 2.61. The molecule has 0 aliphatic carbocycles. The summed E-state index contributed by atoms with van der Waals surface area (Å²) < 4.78 is 6.96. The molecule has 1 amide bonds. The second kappa shape index (κ2) is 6.64. The lowest BCUT2D eigenvalue weighted by atomic mass is 10.00. The molecule has 0 unspecified atom stereocenters. The Hall–Kier alpha value is -2.64. The topological polar surface area (TPSA) is 106 Å². The first kappa shape index (κ1) is 16.7. The number of carbonyl (C=O) groups is 2. The Kier molecular flexibility index (Phi) is 4.83. The van der Waals surface area contributed by atoms with Gasteiger partial charge in [0.25, 0.3) is 0 Å². The number of hydrogen-bond acceptors (Lipinski definition) is 5. The summed E-state index contributed by atoms with van der Waals surface area (Å²) in [6.45, 7) is 3.46. The Labute approximate surface area is 133 Å². The zero-order chi connectivity index (χ0) is 17.1. The molecule has 8 heteroatoms. The van der Waals surface area contributed by atoms with Crippen LogP contribution in [-0.4, -0.2) is 45.4 Å². The van der Waals surface area contributed by atoms with Gasteiger partial charge in [0.2, 0.25) is 11.8 Å². The number of aliphatic carboxylic acids is 1. The van der Waals surface area contributed by atoms with Crippen LogP contribution in [0.3, 0.4) is 0 Å². The quantitative estimate of drug-likeness (QED) is 0.812. The van der Waals surface area contributed by atoms with E-state index in [0.29, 0.717) is 12.3 Å². The van der Waals surface area contributed by atoms with Crippen molar-refractivity contribution in [2.24, 2.45) is 7.05 Å². The van der Waals surface area contributed by atoms with Gasteiger partial charge in [0.05, 0.1) is 12.5 Å². The summed E-state index contributed by atoms with van der Waals surface area (Å²) in [5.41, 5.74) is 3.49. The second-order valence-electron chi connectivity index (χ2n) is 5.30. The third-order valence-electron chi connectivity index (χ3n) is 3.76. The van der Waals surface area contributed by atoms with Gasteiger partial charge in [-0.15, -0.1) is 5.10 Å². The lowest BCUT2D eigenvalue weighted by Gasteiger charge is -2.11. The number of hydrogen-bond donors (Lipinski definition) is 2. The summed E-state index contributed by atoms with van der Waals surface area (Å²) >= 11 is 0. The number of aromatic nitrogens is 3. The molecule has 2 heterocycles. The van der Waals surface area contributed by atoms with Gasteiger partial charge in [-0.1, -0.05) is 0 Å². The molecule has 0 saturated heterocycles. The standard InChI is InChI=1S/C15H20N4O4/c1-8-10(5-6-11(20)16-7-12(21)22)9(2)17-14-13(8)15(23-4)18-19(14)3/h5-7H2,1-4H3,(H,16,20)(H,21,22). The van der Waals surface area contributed by atoms with Gasteiger partial charge >= 0.3 is 5.97 Å². The van der Waals surface area contributed by atoms with E-state index in [0.717, 1.165) is 27.9 Å². The Morgan fingerprint density at radius 3 is 2.65 bits per heavy atom. The number of methoxy groups -OCH3 is 1. The second-order valence-corrected chi connectivity index (χ2v) is 5.30. The molecule has 2 aromatic heterocycles. The molecule has 2 aromatic rings. The molecule has 0 aliphatic rings. The van der Waals surface area contributed by atoms with Crippen LogP contribution in [0.1, 0.15) is 23.2 Å². The van der Waals surface area contributed by atoms with Crippen molar-refractivity contribution in [2.75, 3.05) is 13.7 Å². The third kappa shape index (κ3) is 3.41. The molecule has 0 fully saturated rings. The van der Waals surface area contributed by atoms with Crippen LogP contribution in [-0.2, 0) is 23.1 Å². The molecule has 0 aliphatic heterocycles. The molecular weight excluding hydrogens is 300 g/mol. The number of carboxylic acid groups (broad SMARTS) is 1. The van der Waals surface area contributed by atoms with Crippen molar-refractivity contribution in [3.05, 3.63) is 16.8 Å². The zero-order valence-corrected chi connectivity index (χ0v) is 13.6. The molecule has 8 nitrogen and oxygen atoms in total. The summed E-state index contributed by atoms with van der Waals surface area (Å²) in [4.78, 5) is 26.7. The van der Waals surface area contributed by atoms with Crippen molar-refractivity contribution >= 4 is 22.9 Å². The molecule has 0 spiro atoms. The van der Waals surface area contributed by atoms with E-state index in [2.05, 4.69) is 15.4 Å². The number of ether oxygens (including phenoxy) is 1. The smallest absolute Gasteiger partial charge is 0.322 e. The van der Waals surface area contributed by atoms with E-state index in [4.69, 9.17) is 9.84 Å². The number of nitrogens with one attached hydrogen (secondary N) is 1. The van der Waals surface area contributed by atoms with Crippen LogP contribution >= 0.6 is 0 Å². The molecule has 0 atom stereocenters. The minimum atomic E-state index is -1.06. The van der Waals surface area contributed by atoms with Crippen molar-refractivity contribution < 1.29 is 19.4 Å². The Morgan fingerprint density at radius 1 is 1.35 bits per heavy atom. The number of amides is 1. The number of carboxylic acids is 1. The number of pyridine rings is 1. The predicted octanol–water partition coefficient (Wildman–Crippen LogP) is 0.727. The van der Waals surface area contributed by atoms with Crippen molar-refractivity contribution in [1.82, 2.24) is 20.1 Å². The van der Waals surface area contributed by atoms with Crippen molar-refractivity contribution in [1.29, 1.82) is 0 Å². The fourth-order valence-corrected chi connectivity index (χ4v) is 2.61. The lowest BCUT2D eigenvalue weighted by molar-refractivity contribution is -0.137. The molecule has 2 rings (SSSR count). The van der Waals surface area contributed by atoms with Gasteiger partial charge in [0.15, 0.2) is 5.65 Å². The maximum atomic E-state index is 11.7. The molecule has 0 bridgehead atoms. The largest absolute Gasteiger partial charge is 0.480 e. The highest BCUT2D eigenvalue weighted by Gasteiger charge is 2.18. The van der Waals surface area contributed by atoms with Gasteiger partial charge in [-0.2, -0.15) is 0 Å². The first-order valence-corrected chi connectivity index (χ1v) is 7.20. The van der Waals surface area contributed by atoms with Crippen molar-refractivity contribution in [3.8, 4) is 5.88 Å². The number of aryl methyl sites for hydroxylation is 3. The molecule has 124 valence electrons. The normalized spacial score (nSPS) is 10.8. The van der Waals surface area contributed by atoms with E-state index in [1.165, 1.54) is 0 Å². The number of fused-ring (bicyclic) bond motifs is 1. The molecular formula is C15H20N4O4. The summed E-state index contributed by atoms with van der Waals surface area (Å²) in [7, 11) is 3.36. The van der Waals surface area contributed by atoms with E-state index < -0.39 is 5.97 Å². The summed E-state index contributed by atoms with van der Waals surface area (Å²) in [5.74, 6) is -0.859. The zero-order valence-electron chi connectivity index (χ0n) is 13.6. The van der Waals surface area contributed by atoms with Gasteiger partial charge in [0.1, 0.15) is 6.54 Å². The van der Waals surface area contributed by atoms with Crippen LogP contribution in [0.25, 0.3) is 11.0 Å². The van der Waals surface area contributed by atoms with E-state index in [1.807, 2.05) is 13.8 Å². The van der Waals surface area contributed by atoms with Gasteiger partial charge in [-0.3, -0.25) is 9.59 Å². The number of rotatable bonds is 6. The maximum Gasteiger partial charge on any atom is 0.322 e. The Morgan fingerprint density at radius 2 is 2.04 bits per heavy atom. The number of nitrogens with zero attached hydrogens (tertiary/aromatic N) is 3. The molecule has 0 aromatic carbocycles. The predicted molar refractivity (Wildman–Crippen MR) is 83.5 cm³/mol. The van der Waals surface area contributed by atoms with Crippen molar-refractivity contribution in [3.63, 3.8) is 0 Å². The average Bonchev–Trinajstić information content (AvgIpc) is 2.81. The van der Waals surface area contributed by atoms with Gasteiger partial charge < -0.3 is 15.2 Å². The van der Waals surface area contributed by atoms with Gasteiger partial charge in [0, 0.05) is 19.2 Å². The van der Waals surface area contributed by atoms with E-state index >= 15 is 0 Å². The summed E-state index contributed by atoms with van der Waals surface area (Å²) in [6.07, 6.45) is 0.675. The Bertz CT molecular complexity index is 767. The Balaban J connectivity index is 2.27. The highest BCUT2D eigenvalue weighted by Crippen LogP contribution is 2.30. The van der Waals surface area contributed by atoms with Gasteiger partial charge in [-0.05, 0) is 31.4 Å². The van der Waals surface area contributed by atoms with E-state index in [1.54, 1.807) is 18.8 Å². The molecule has 23 heavy (non-hydrogen) atoms. The lowest BCUT2D eigenvalue weighted by Crippen LogP contribution is -2.29. The maximum absolute atomic E-state index is 11.7. The monoisotopic (exact) mass is 320 g/mol. The first-order valence-electron chi connectivity index (χ1n) is 7.20. The van der Waals surface area contributed by atoms with Crippen LogP contribution in [0.2, 0.25) is 0 Å². The molecule has 0 radical (unpaired) electrons. The summed E-state index contributed by atoms with van der Waals surface area (Å²) in [5, 5.41) is 16.0. The SMILES string of the molecule is COc1nn(C)c2nc(C)c(CCC(=O)NCC(=O)O)c(C)c12. The first-order chi connectivity index (χ1) is 10.8. The highest BCUT2D eigenvalue weighted by molar-refractivity contribution is 5.86. The molecule has 0 saturated carbocycles. The van der Waals surface area contributed by atoms with Crippen LogP contribution in [0.4, 0.5) is 0 Å². The molecule has 2 N–H and O–H groups in total.